The first kappa shape index (κ1) is 17.5. The molecular weight excluding hydrogens is 304 g/mol. The van der Waals surface area contributed by atoms with Crippen molar-refractivity contribution in [3.8, 4) is 0 Å². The van der Waals surface area contributed by atoms with Gasteiger partial charge in [0.2, 0.25) is 0 Å². The van der Waals surface area contributed by atoms with Crippen molar-refractivity contribution in [2.45, 2.75) is 13.8 Å². The number of amides is 2. The van der Waals surface area contributed by atoms with Gasteiger partial charge in [-0.3, -0.25) is 0 Å². The molecule has 0 aliphatic carbocycles. The number of nitrogens with zero attached hydrogens (tertiary/aromatic N) is 3. The van der Waals surface area contributed by atoms with E-state index in [9.17, 15) is 4.79 Å². The standard InChI is InChI=1S/C17H24N6O/c1-12-5-6-15(13(2)9-12)21-17(24)19-8-7-18-16-10-14(23(3)4)11-20-22-16/h5-6,9-11H,7-8H2,1-4H3,(H,18,22)(H2,19,21,24). The van der Waals surface area contributed by atoms with Crippen molar-refractivity contribution in [3.63, 3.8) is 0 Å². The zero-order chi connectivity index (χ0) is 17.5. The minimum absolute atomic E-state index is 0.225. The molecule has 128 valence electrons. The highest BCUT2D eigenvalue weighted by Crippen LogP contribution is 2.15. The van der Waals surface area contributed by atoms with E-state index < -0.39 is 0 Å². The fourth-order valence-corrected chi connectivity index (χ4v) is 2.17. The molecule has 0 aliphatic rings. The van der Waals surface area contributed by atoms with Gasteiger partial charge in [-0.15, -0.1) is 5.10 Å². The van der Waals surface area contributed by atoms with Crippen LogP contribution in [0.1, 0.15) is 11.1 Å². The number of benzene rings is 1. The lowest BCUT2D eigenvalue weighted by Crippen LogP contribution is -2.33. The summed E-state index contributed by atoms with van der Waals surface area (Å²) in [4.78, 5) is 13.9. The maximum absolute atomic E-state index is 11.9. The van der Waals surface area contributed by atoms with Crippen molar-refractivity contribution in [2.75, 3.05) is 42.7 Å². The maximum atomic E-state index is 11.9. The average molecular weight is 328 g/mol. The lowest BCUT2D eigenvalue weighted by molar-refractivity contribution is 0.252. The molecule has 2 aromatic rings. The minimum Gasteiger partial charge on any atom is -0.376 e. The number of anilines is 3. The van der Waals surface area contributed by atoms with Crippen molar-refractivity contribution in [1.29, 1.82) is 0 Å². The largest absolute Gasteiger partial charge is 0.376 e. The molecule has 3 N–H and O–H groups in total. The van der Waals surface area contributed by atoms with Gasteiger partial charge in [0.25, 0.3) is 0 Å². The fraction of sp³-hybridized carbons (Fsp3) is 0.353. The molecule has 24 heavy (non-hydrogen) atoms. The molecule has 1 aromatic heterocycles. The Kier molecular flexibility index (Phi) is 5.95. The molecule has 0 saturated heterocycles. The predicted molar refractivity (Wildman–Crippen MR) is 97.8 cm³/mol. The highest BCUT2D eigenvalue weighted by Gasteiger charge is 2.04. The fourth-order valence-electron chi connectivity index (χ4n) is 2.17. The zero-order valence-corrected chi connectivity index (χ0v) is 14.6. The Morgan fingerprint density at radius 1 is 1.17 bits per heavy atom. The van der Waals surface area contributed by atoms with Crippen LogP contribution < -0.4 is 20.9 Å². The summed E-state index contributed by atoms with van der Waals surface area (Å²) in [7, 11) is 3.89. The van der Waals surface area contributed by atoms with Crippen molar-refractivity contribution < 1.29 is 4.79 Å². The van der Waals surface area contributed by atoms with Crippen LogP contribution in [0.5, 0.6) is 0 Å². The van der Waals surface area contributed by atoms with Gasteiger partial charge in [-0.2, -0.15) is 5.10 Å². The quantitative estimate of drug-likeness (QED) is 0.709. The van der Waals surface area contributed by atoms with Gasteiger partial charge in [-0.05, 0) is 25.5 Å². The Morgan fingerprint density at radius 2 is 1.96 bits per heavy atom. The summed E-state index contributed by atoms with van der Waals surface area (Å²) in [5.74, 6) is 0.679. The molecule has 7 nitrogen and oxygen atoms in total. The van der Waals surface area contributed by atoms with Gasteiger partial charge in [0.15, 0.2) is 5.82 Å². The number of aromatic nitrogens is 2. The second-order valence-corrected chi connectivity index (χ2v) is 5.82. The first-order chi connectivity index (χ1) is 11.5. The van der Waals surface area contributed by atoms with Crippen LogP contribution >= 0.6 is 0 Å². The van der Waals surface area contributed by atoms with Crippen LogP contribution in [-0.2, 0) is 0 Å². The summed E-state index contributed by atoms with van der Waals surface area (Å²) >= 11 is 0. The van der Waals surface area contributed by atoms with Crippen LogP contribution in [0.15, 0.2) is 30.5 Å². The number of hydrogen-bond donors (Lipinski definition) is 3. The summed E-state index contributed by atoms with van der Waals surface area (Å²) in [5.41, 5.74) is 3.99. The number of carbonyl (C=O) groups is 1. The van der Waals surface area contributed by atoms with Crippen molar-refractivity contribution in [1.82, 2.24) is 15.5 Å². The molecule has 7 heteroatoms. The van der Waals surface area contributed by atoms with Gasteiger partial charge >= 0.3 is 6.03 Å². The van der Waals surface area contributed by atoms with Crippen molar-refractivity contribution >= 4 is 23.2 Å². The van der Waals surface area contributed by atoms with Crippen LogP contribution in [-0.4, -0.2) is 43.4 Å². The number of urea groups is 1. The van der Waals surface area contributed by atoms with E-state index in [0.29, 0.717) is 18.9 Å². The van der Waals surface area contributed by atoms with E-state index in [1.807, 2.05) is 57.1 Å². The molecule has 0 spiro atoms. The van der Waals surface area contributed by atoms with Gasteiger partial charge in [0.1, 0.15) is 0 Å². The number of carbonyl (C=O) groups excluding carboxylic acids is 1. The molecule has 1 aromatic carbocycles. The highest BCUT2D eigenvalue weighted by molar-refractivity contribution is 5.90. The number of nitrogens with one attached hydrogen (secondary N) is 3. The van der Waals surface area contributed by atoms with E-state index in [0.717, 1.165) is 16.9 Å². The summed E-state index contributed by atoms with van der Waals surface area (Å²) in [6.07, 6.45) is 1.70. The minimum atomic E-state index is -0.225. The molecule has 0 radical (unpaired) electrons. The first-order valence-corrected chi connectivity index (χ1v) is 7.82. The summed E-state index contributed by atoms with van der Waals surface area (Å²) in [5, 5.41) is 16.7. The Labute approximate surface area is 142 Å². The van der Waals surface area contributed by atoms with Crippen molar-refractivity contribution in [3.05, 3.63) is 41.6 Å². The third-order valence-corrected chi connectivity index (χ3v) is 3.50. The second-order valence-electron chi connectivity index (χ2n) is 5.82. The van der Waals surface area contributed by atoms with Crippen LogP contribution in [0.4, 0.5) is 22.0 Å². The second kappa shape index (κ2) is 8.14. The Hall–Kier alpha value is -2.83. The van der Waals surface area contributed by atoms with E-state index in [-0.39, 0.29) is 6.03 Å². The van der Waals surface area contributed by atoms with E-state index in [2.05, 4.69) is 26.1 Å². The normalized spacial score (nSPS) is 10.2. The molecule has 0 fully saturated rings. The summed E-state index contributed by atoms with van der Waals surface area (Å²) in [6.45, 7) is 5.04. The van der Waals surface area contributed by atoms with Crippen LogP contribution in [0.25, 0.3) is 0 Å². The molecule has 0 atom stereocenters. The SMILES string of the molecule is Cc1ccc(NC(=O)NCCNc2cc(N(C)C)cnn2)c(C)c1. The first-order valence-electron chi connectivity index (χ1n) is 7.82. The van der Waals surface area contributed by atoms with E-state index in [4.69, 9.17) is 0 Å². The van der Waals surface area contributed by atoms with Gasteiger partial charge in [0, 0.05) is 38.9 Å². The Morgan fingerprint density at radius 3 is 2.67 bits per heavy atom. The zero-order valence-electron chi connectivity index (χ0n) is 14.6. The van der Waals surface area contributed by atoms with Crippen LogP contribution in [0.2, 0.25) is 0 Å². The number of rotatable bonds is 6. The molecule has 1 heterocycles. The van der Waals surface area contributed by atoms with Crippen LogP contribution in [0.3, 0.4) is 0 Å². The molecule has 2 rings (SSSR count). The molecule has 2 amide bonds. The highest BCUT2D eigenvalue weighted by atomic mass is 16.2. The molecule has 0 saturated carbocycles. The number of hydrogen-bond acceptors (Lipinski definition) is 5. The van der Waals surface area contributed by atoms with Crippen LogP contribution in [0, 0.1) is 13.8 Å². The summed E-state index contributed by atoms with van der Waals surface area (Å²) < 4.78 is 0. The monoisotopic (exact) mass is 328 g/mol. The van der Waals surface area contributed by atoms with E-state index in [1.54, 1.807) is 6.20 Å². The molecular formula is C17H24N6O. The smallest absolute Gasteiger partial charge is 0.319 e. The lowest BCUT2D eigenvalue weighted by atomic mass is 10.1. The van der Waals surface area contributed by atoms with E-state index in [1.165, 1.54) is 5.56 Å². The van der Waals surface area contributed by atoms with Gasteiger partial charge in [-0.1, -0.05) is 17.7 Å². The predicted octanol–water partition coefficient (Wildman–Crippen LogP) is 2.39. The lowest BCUT2D eigenvalue weighted by Gasteiger charge is -2.13. The van der Waals surface area contributed by atoms with Gasteiger partial charge in [0.05, 0.1) is 11.9 Å². The number of aryl methyl sites for hydroxylation is 2. The Bertz CT molecular complexity index is 701. The molecule has 0 unspecified atom stereocenters. The van der Waals surface area contributed by atoms with E-state index >= 15 is 0 Å². The average Bonchev–Trinajstić information content (AvgIpc) is 2.54. The molecule has 0 bridgehead atoms. The van der Waals surface area contributed by atoms with Gasteiger partial charge in [-0.25, -0.2) is 4.79 Å². The summed E-state index contributed by atoms with van der Waals surface area (Å²) in [6, 6.07) is 7.60. The Balaban J connectivity index is 1.76. The topological polar surface area (TPSA) is 82.2 Å². The third kappa shape index (κ3) is 5.12. The van der Waals surface area contributed by atoms with Crippen molar-refractivity contribution in [2.24, 2.45) is 0 Å². The van der Waals surface area contributed by atoms with Gasteiger partial charge < -0.3 is 20.9 Å². The molecule has 0 aliphatic heterocycles. The maximum Gasteiger partial charge on any atom is 0.319 e. The third-order valence-electron chi connectivity index (χ3n) is 3.50.